The Balaban J connectivity index is 2.25. The molecule has 3 aromatic rings. The molecule has 104 valence electrons. The fraction of sp³-hybridized carbons (Fsp3) is 0.111. The highest BCUT2D eigenvalue weighted by Crippen LogP contribution is 2.29. The predicted octanol–water partition coefficient (Wildman–Crippen LogP) is 3.93. The minimum atomic E-state index is 0.984. The van der Waals surface area contributed by atoms with E-state index in [4.69, 9.17) is 0 Å². The number of hydrogen-bond acceptors (Lipinski definition) is 2. The first-order chi connectivity index (χ1) is 10.1. The summed E-state index contributed by atoms with van der Waals surface area (Å²) < 4.78 is 0. The van der Waals surface area contributed by atoms with Gasteiger partial charge < -0.3 is 0 Å². The van der Waals surface area contributed by atoms with E-state index in [1.807, 2.05) is 44.2 Å². The molecule has 21 heavy (non-hydrogen) atoms. The van der Waals surface area contributed by atoms with Crippen molar-refractivity contribution in [2.75, 3.05) is 0 Å². The van der Waals surface area contributed by atoms with E-state index in [1.165, 1.54) is 0 Å². The highest BCUT2D eigenvalue weighted by molar-refractivity contribution is 7.28. The number of aromatic nitrogens is 2. The first-order valence-corrected chi connectivity index (χ1v) is 7.49. The lowest BCUT2D eigenvalue weighted by Crippen LogP contribution is -2.02. The lowest BCUT2D eigenvalue weighted by Gasteiger charge is -2.12. The summed E-state index contributed by atoms with van der Waals surface area (Å²) in [7, 11) is 2.80. The van der Waals surface area contributed by atoms with Gasteiger partial charge in [-0.3, -0.25) is 9.97 Å². The van der Waals surface area contributed by atoms with Gasteiger partial charge in [0.05, 0.1) is 11.4 Å². The number of benzene rings is 1. The summed E-state index contributed by atoms with van der Waals surface area (Å²) in [5.41, 5.74) is 6.25. The number of nitrogens with zero attached hydrogens (tertiary/aromatic N) is 2. The largest absolute Gasteiger partial charge is 0.253 e. The molecule has 1 atom stereocenters. The van der Waals surface area contributed by atoms with Crippen LogP contribution in [0.25, 0.3) is 22.5 Å². The van der Waals surface area contributed by atoms with Crippen LogP contribution < -0.4 is 5.30 Å². The highest BCUT2D eigenvalue weighted by Gasteiger charge is 2.12. The predicted molar refractivity (Wildman–Crippen MR) is 91.7 cm³/mol. The van der Waals surface area contributed by atoms with Crippen molar-refractivity contribution in [3.63, 3.8) is 0 Å². The Hall–Kier alpha value is -2.05. The number of hydrogen-bond donors (Lipinski definition) is 0. The standard InChI is InChI=1S/C18H17N2P/c1-12-6-3-9-15(19-12)14-8-5-11-17(21)18(14)16-10-4-7-13(2)20-16/h3-11H,21H2,1-2H3. The Kier molecular flexibility index (Phi) is 3.81. The lowest BCUT2D eigenvalue weighted by molar-refractivity contribution is 1.19. The Morgan fingerprint density at radius 2 is 1.29 bits per heavy atom. The van der Waals surface area contributed by atoms with Gasteiger partial charge in [0.2, 0.25) is 0 Å². The molecule has 3 rings (SSSR count). The van der Waals surface area contributed by atoms with Crippen LogP contribution in [0, 0.1) is 13.8 Å². The third kappa shape index (κ3) is 2.86. The molecule has 0 N–H and O–H groups in total. The molecule has 2 nitrogen and oxygen atoms in total. The van der Waals surface area contributed by atoms with E-state index < -0.39 is 0 Å². The fourth-order valence-electron chi connectivity index (χ4n) is 2.44. The summed E-state index contributed by atoms with van der Waals surface area (Å²) in [6.07, 6.45) is 0. The smallest absolute Gasteiger partial charge is 0.0718 e. The van der Waals surface area contributed by atoms with Crippen LogP contribution in [0.2, 0.25) is 0 Å². The highest BCUT2D eigenvalue weighted by atomic mass is 31.0. The van der Waals surface area contributed by atoms with Gasteiger partial charge in [-0.1, -0.05) is 30.3 Å². The SMILES string of the molecule is Cc1cccc(-c2cccc(P)c2-c2cccc(C)n2)n1. The van der Waals surface area contributed by atoms with E-state index in [1.54, 1.807) is 0 Å². The second kappa shape index (κ2) is 5.75. The van der Waals surface area contributed by atoms with Crippen LogP contribution in [-0.4, -0.2) is 9.97 Å². The van der Waals surface area contributed by atoms with Gasteiger partial charge in [0.25, 0.3) is 0 Å². The molecule has 3 heteroatoms. The van der Waals surface area contributed by atoms with E-state index >= 15 is 0 Å². The van der Waals surface area contributed by atoms with Gasteiger partial charge in [-0.25, -0.2) is 0 Å². The second-order valence-corrected chi connectivity index (χ2v) is 5.72. The van der Waals surface area contributed by atoms with Crippen molar-refractivity contribution in [2.24, 2.45) is 0 Å². The first-order valence-electron chi connectivity index (χ1n) is 6.92. The molecule has 0 aliphatic rings. The summed E-state index contributed by atoms with van der Waals surface area (Å²) in [5, 5.41) is 1.13. The lowest BCUT2D eigenvalue weighted by atomic mass is 10.00. The second-order valence-electron chi connectivity index (χ2n) is 5.10. The maximum absolute atomic E-state index is 4.67. The third-order valence-corrected chi connectivity index (χ3v) is 3.89. The van der Waals surface area contributed by atoms with Crippen molar-refractivity contribution in [1.29, 1.82) is 0 Å². The van der Waals surface area contributed by atoms with Gasteiger partial charge in [0.15, 0.2) is 0 Å². The molecule has 0 saturated heterocycles. The first kappa shape index (κ1) is 13.9. The monoisotopic (exact) mass is 292 g/mol. The van der Waals surface area contributed by atoms with E-state index in [0.717, 1.165) is 39.2 Å². The van der Waals surface area contributed by atoms with Crippen molar-refractivity contribution in [3.05, 3.63) is 66.0 Å². The molecule has 0 radical (unpaired) electrons. The zero-order valence-corrected chi connectivity index (χ0v) is 13.3. The van der Waals surface area contributed by atoms with Crippen LogP contribution in [0.5, 0.6) is 0 Å². The fourth-order valence-corrected chi connectivity index (χ4v) is 2.86. The minimum absolute atomic E-state index is 0.984. The van der Waals surface area contributed by atoms with E-state index in [0.29, 0.717) is 0 Å². The summed E-state index contributed by atoms with van der Waals surface area (Å²) in [5.74, 6) is 0. The van der Waals surface area contributed by atoms with Crippen molar-refractivity contribution < 1.29 is 0 Å². The minimum Gasteiger partial charge on any atom is -0.253 e. The number of aryl methyl sites for hydroxylation is 2. The summed E-state index contributed by atoms with van der Waals surface area (Å²) in [4.78, 5) is 9.33. The maximum atomic E-state index is 4.67. The normalized spacial score (nSPS) is 10.6. The Bertz CT molecular complexity index is 797. The molecule has 2 aromatic heterocycles. The molecular formula is C18H17N2P. The third-order valence-electron chi connectivity index (χ3n) is 3.41. The average molecular weight is 292 g/mol. The quantitative estimate of drug-likeness (QED) is 0.669. The Morgan fingerprint density at radius 3 is 1.95 bits per heavy atom. The van der Waals surface area contributed by atoms with Gasteiger partial charge in [0.1, 0.15) is 0 Å². The van der Waals surface area contributed by atoms with Crippen LogP contribution in [0.4, 0.5) is 0 Å². The van der Waals surface area contributed by atoms with E-state index in [9.17, 15) is 0 Å². The molecule has 0 aliphatic carbocycles. The van der Waals surface area contributed by atoms with E-state index in [-0.39, 0.29) is 0 Å². The molecule has 0 bridgehead atoms. The molecule has 0 spiro atoms. The molecule has 0 aliphatic heterocycles. The van der Waals surface area contributed by atoms with Gasteiger partial charge in [-0.2, -0.15) is 0 Å². The van der Waals surface area contributed by atoms with Crippen LogP contribution in [0.15, 0.2) is 54.6 Å². The molecule has 0 amide bonds. The van der Waals surface area contributed by atoms with Crippen LogP contribution in [0.3, 0.4) is 0 Å². The van der Waals surface area contributed by atoms with Gasteiger partial charge in [0, 0.05) is 22.5 Å². The molecule has 0 fully saturated rings. The van der Waals surface area contributed by atoms with E-state index in [2.05, 4.69) is 43.5 Å². The molecule has 0 saturated carbocycles. The summed E-state index contributed by atoms with van der Waals surface area (Å²) >= 11 is 0. The summed E-state index contributed by atoms with van der Waals surface area (Å²) in [6.45, 7) is 4.03. The van der Waals surface area contributed by atoms with Gasteiger partial charge >= 0.3 is 0 Å². The van der Waals surface area contributed by atoms with Gasteiger partial charge in [-0.15, -0.1) is 9.24 Å². The van der Waals surface area contributed by atoms with Crippen molar-refractivity contribution in [3.8, 4) is 22.5 Å². The van der Waals surface area contributed by atoms with Crippen LogP contribution in [-0.2, 0) is 0 Å². The van der Waals surface area contributed by atoms with Crippen molar-refractivity contribution in [1.82, 2.24) is 9.97 Å². The molecule has 1 aromatic carbocycles. The maximum Gasteiger partial charge on any atom is 0.0718 e. The number of pyridine rings is 2. The van der Waals surface area contributed by atoms with Crippen molar-refractivity contribution >= 4 is 14.5 Å². The molecule has 1 unspecified atom stereocenters. The Morgan fingerprint density at radius 1 is 0.714 bits per heavy atom. The molecule has 2 heterocycles. The Labute approximate surface area is 127 Å². The zero-order chi connectivity index (χ0) is 14.8. The van der Waals surface area contributed by atoms with Gasteiger partial charge in [-0.05, 0) is 43.4 Å². The topological polar surface area (TPSA) is 25.8 Å². The van der Waals surface area contributed by atoms with Crippen LogP contribution >= 0.6 is 9.24 Å². The van der Waals surface area contributed by atoms with Crippen molar-refractivity contribution in [2.45, 2.75) is 13.8 Å². The summed E-state index contributed by atoms with van der Waals surface area (Å²) in [6, 6.07) is 18.5. The number of rotatable bonds is 2. The van der Waals surface area contributed by atoms with Crippen LogP contribution in [0.1, 0.15) is 11.4 Å². The average Bonchev–Trinajstić information content (AvgIpc) is 2.47. The zero-order valence-electron chi connectivity index (χ0n) is 12.2. The molecular weight excluding hydrogens is 275 g/mol.